The van der Waals surface area contributed by atoms with Crippen LogP contribution in [0, 0.1) is 5.41 Å². The number of likely N-dealkylation sites (tertiary alicyclic amines) is 1. The molecule has 0 aromatic rings. The predicted molar refractivity (Wildman–Crippen MR) is 86.0 cm³/mol. The molecule has 2 saturated carbocycles. The van der Waals surface area contributed by atoms with Gasteiger partial charge >= 0.3 is 0 Å². The molecular formula is C18H34N2. The van der Waals surface area contributed by atoms with Gasteiger partial charge in [0.15, 0.2) is 0 Å². The van der Waals surface area contributed by atoms with E-state index in [-0.39, 0.29) is 0 Å². The van der Waals surface area contributed by atoms with E-state index in [4.69, 9.17) is 0 Å². The van der Waals surface area contributed by atoms with Crippen LogP contribution in [0.25, 0.3) is 0 Å². The molecule has 116 valence electrons. The molecule has 20 heavy (non-hydrogen) atoms. The quantitative estimate of drug-likeness (QED) is 0.841. The molecule has 0 amide bonds. The van der Waals surface area contributed by atoms with Crippen LogP contribution in [-0.4, -0.2) is 36.1 Å². The molecule has 1 spiro atoms. The highest BCUT2D eigenvalue weighted by Gasteiger charge is 2.37. The maximum atomic E-state index is 4.00. The van der Waals surface area contributed by atoms with Crippen LogP contribution in [0.4, 0.5) is 0 Å². The van der Waals surface area contributed by atoms with E-state index in [0.717, 1.165) is 23.5 Å². The third-order valence-electron chi connectivity index (χ3n) is 6.44. The third kappa shape index (κ3) is 3.39. The zero-order chi connectivity index (χ0) is 14.0. The van der Waals surface area contributed by atoms with Crippen molar-refractivity contribution in [1.82, 2.24) is 10.2 Å². The Bertz CT molecular complexity index is 289. The van der Waals surface area contributed by atoms with Gasteiger partial charge in [0.1, 0.15) is 0 Å². The second kappa shape index (κ2) is 6.36. The average Bonchev–Trinajstić information content (AvgIpc) is 2.91. The highest BCUT2D eigenvalue weighted by molar-refractivity contribution is 4.92. The van der Waals surface area contributed by atoms with Crippen molar-refractivity contribution in [3.05, 3.63) is 0 Å². The van der Waals surface area contributed by atoms with Gasteiger partial charge in [0.2, 0.25) is 0 Å². The first-order valence-corrected chi connectivity index (χ1v) is 9.17. The van der Waals surface area contributed by atoms with Gasteiger partial charge < -0.3 is 10.2 Å². The summed E-state index contributed by atoms with van der Waals surface area (Å²) in [7, 11) is 0. The molecule has 1 saturated heterocycles. The van der Waals surface area contributed by atoms with Gasteiger partial charge in [-0.1, -0.05) is 12.8 Å². The van der Waals surface area contributed by atoms with Gasteiger partial charge in [0.05, 0.1) is 0 Å². The molecule has 2 aliphatic carbocycles. The summed E-state index contributed by atoms with van der Waals surface area (Å²) in [5, 5.41) is 4.00. The zero-order valence-corrected chi connectivity index (χ0v) is 13.7. The first-order chi connectivity index (χ1) is 9.67. The maximum Gasteiger partial charge on any atom is 0.00940 e. The van der Waals surface area contributed by atoms with E-state index in [1.54, 1.807) is 0 Å². The minimum Gasteiger partial charge on any atom is -0.311 e. The van der Waals surface area contributed by atoms with Gasteiger partial charge in [-0.05, 0) is 83.7 Å². The largest absolute Gasteiger partial charge is 0.311 e. The molecule has 3 aliphatic rings. The second-order valence-electron chi connectivity index (χ2n) is 8.05. The molecule has 0 atom stereocenters. The molecule has 3 rings (SSSR count). The lowest BCUT2D eigenvalue weighted by Gasteiger charge is -2.41. The van der Waals surface area contributed by atoms with Gasteiger partial charge in [0, 0.05) is 18.1 Å². The van der Waals surface area contributed by atoms with Crippen molar-refractivity contribution in [2.24, 2.45) is 5.41 Å². The summed E-state index contributed by atoms with van der Waals surface area (Å²) in [5.74, 6) is 0. The molecule has 2 nitrogen and oxygen atoms in total. The van der Waals surface area contributed by atoms with Crippen LogP contribution < -0.4 is 5.32 Å². The summed E-state index contributed by atoms with van der Waals surface area (Å²) < 4.78 is 0. The Kier molecular flexibility index (Phi) is 4.72. The van der Waals surface area contributed by atoms with Crippen LogP contribution in [0.15, 0.2) is 0 Å². The lowest BCUT2D eigenvalue weighted by atomic mass is 9.71. The fraction of sp³-hybridized carbons (Fsp3) is 1.00. The first-order valence-electron chi connectivity index (χ1n) is 9.17. The number of hydrogen-bond donors (Lipinski definition) is 1. The Morgan fingerprint density at radius 2 is 1.40 bits per heavy atom. The Morgan fingerprint density at radius 1 is 0.850 bits per heavy atom. The fourth-order valence-electron chi connectivity index (χ4n) is 4.94. The summed E-state index contributed by atoms with van der Waals surface area (Å²) >= 11 is 0. The number of hydrogen-bond acceptors (Lipinski definition) is 2. The summed E-state index contributed by atoms with van der Waals surface area (Å²) in [6.45, 7) is 7.25. The molecular weight excluding hydrogens is 244 g/mol. The van der Waals surface area contributed by atoms with E-state index in [1.807, 2.05) is 0 Å². The van der Waals surface area contributed by atoms with Gasteiger partial charge in [0.25, 0.3) is 0 Å². The van der Waals surface area contributed by atoms with Crippen molar-refractivity contribution < 1.29 is 0 Å². The Morgan fingerprint density at radius 3 is 1.95 bits per heavy atom. The first kappa shape index (κ1) is 14.8. The van der Waals surface area contributed by atoms with E-state index in [2.05, 4.69) is 24.1 Å². The summed E-state index contributed by atoms with van der Waals surface area (Å²) in [6.07, 6.45) is 14.7. The fourth-order valence-corrected chi connectivity index (χ4v) is 4.94. The SMILES string of the molecule is CC(C)N1CCC(NC2CCC3(CCCC3)CC2)CC1. The van der Waals surface area contributed by atoms with Crippen LogP contribution >= 0.6 is 0 Å². The summed E-state index contributed by atoms with van der Waals surface area (Å²) in [6, 6.07) is 2.36. The standard InChI is InChI=1S/C18H34N2/c1-15(2)20-13-7-17(8-14-20)19-16-5-11-18(12-6-16)9-3-4-10-18/h15-17,19H,3-14H2,1-2H3. The van der Waals surface area contributed by atoms with Crippen molar-refractivity contribution in [3.63, 3.8) is 0 Å². The van der Waals surface area contributed by atoms with Crippen LogP contribution in [0.5, 0.6) is 0 Å². The lowest BCUT2D eigenvalue weighted by molar-refractivity contribution is 0.131. The van der Waals surface area contributed by atoms with Crippen LogP contribution in [-0.2, 0) is 0 Å². The molecule has 1 aliphatic heterocycles. The molecule has 0 unspecified atom stereocenters. The topological polar surface area (TPSA) is 15.3 Å². The van der Waals surface area contributed by atoms with Crippen molar-refractivity contribution >= 4 is 0 Å². The minimum atomic E-state index is 0.729. The van der Waals surface area contributed by atoms with Gasteiger partial charge in [-0.2, -0.15) is 0 Å². The Hall–Kier alpha value is -0.0800. The van der Waals surface area contributed by atoms with Gasteiger partial charge in [-0.3, -0.25) is 0 Å². The van der Waals surface area contributed by atoms with Crippen molar-refractivity contribution in [1.29, 1.82) is 0 Å². The predicted octanol–water partition coefficient (Wildman–Crippen LogP) is 3.95. The van der Waals surface area contributed by atoms with Gasteiger partial charge in [-0.25, -0.2) is 0 Å². The molecule has 0 radical (unpaired) electrons. The van der Waals surface area contributed by atoms with Crippen molar-refractivity contribution in [2.75, 3.05) is 13.1 Å². The van der Waals surface area contributed by atoms with Crippen molar-refractivity contribution in [3.8, 4) is 0 Å². The third-order valence-corrected chi connectivity index (χ3v) is 6.44. The molecule has 3 fully saturated rings. The molecule has 1 heterocycles. The number of nitrogens with zero attached hydrogens (tertiary/aromatic N) is 1. The minimum absolute atomic E-state index is 0.729. The van der Waals surface area contributed by atoms with Crippen LogP contribution in [0.3, 0.4) is 0 Å². The lowest BCUT2D eigenvalue weighted by Crippen LogP contribution is -2.49. The van der Waals surface area contributed by atoms with Crippen molar-refractivity contribution in [2.45, 2.75) is 96.2 Å². The van der Waals surface area contributed by atoms with E-state index in [1.165, 1.54) is 77.3 Å². The monoisotopic (exact) mass is 278 g/mol. The Labute approximate surface area is 125 Å². The maximum absolute atomic E-state index is 4.00. The van der Waals surface area contributed by atoms with E-state index < -0.39 is 0 Å². The zero-order valence-electron chi connectivity index (χ0n) is 13.7. The highest BCUT2D eigenvalue weighted by atomic mass is 15.2. The number of nitrogens with one attached hydrogen (secondary N) is 1. The van der Waals surface area contributed by atoms with E-state index in [0.29, 0.717) is 0 Å². The van der Waals surface area contributed by atoms with Crippen LogP contribution in [0.2, 0.25) is 0 Å². The second-order valence-corrected chi connectivity index (χ2v) is 8.05. The molecule has 0 bridgehead atoms. The average molecular weight is 278 g/mol. The summed E-state index contributed by atoms with van der Waals surface area (Å²) in [5.41, 5.74) is 0.791. The number of rotatable bonds is 3. The Balaban J connectivity index is 1.40. The summed E-state index contributed by atoms with van der Waals surface area (Å²) in [4.78, 5) is 2.63. The van der Waals surface area contributed by atoms with E-state index in [9.17, 15) is 0 Å². The van der Waals surface area contributed by atoms with Gasteiger partial charge in [-0.15, -0.1) is 0 Å². The highest BCUT2D eigenvalue weighted by Crippen LogP contribution is 2.48. The molecule has 1 N–H and O–H groups in total. The van der Waals surface area contributed by atoms with E-state index >= 15 is 0 Å². The molecule has 2 heteroatoms. The smallest absolute Gasteiger partial charge is 0.00940 e. The number of piperidine rings is 1. The molecule has 0 aromatic heterocycles. The normalized spacial score (nSPS) is 29.6. The molecule has 0 aromatic carbocycles. The van der Waals surface area contributed by atoms with Crippen LogP contribution in [0.1, 0.15) is 78.1 Å².